The van der Waals surface area contributed by atoms with Crippen LogP contribution in [0.4, 0.5) is 19.0 Å². The summed E-state index contributed by atoms with van der Waals surface area (Å²) < 4.78 is 38.0. The Balaban J connectivity index is 2.35. The van der Waals surface area contributed by atoms with Crippen LogP contribution < -0.4 is 5.32 Å². The van der Waals surface area contributed by atoms with Crippen LogP contribution in [0.25, 0.3) is 0 Å². The van der Waals surface area contributed by atoms with Crippen LogP contribution in [0.2, 0.25) is 0 Å². The first-order valence-corrected chi connectivity index (χ1v) is 5.75. The van der Waals surface area contributed by atoms with E-state index < -0.39 is 11.7 Å². The summed E-state index contributed by atoms with van der Waals surface area (Å²) >= 11 is 1.04. The number of H-pyrrole nitrogens is 1. The Kier molecular flexibility index (Phi) is 3.46. The van der Waals surface area contributed by atoms with E-state index in [1.165, 1.54) is 13.2 Å². The Morgan fingerprint density at radius 1 is 1.33 bits per heavy atom. The van der Waals surface area contributed by atoms with Gasteiger partial charge in [0, 0.05) is 19.4 Å². The number of alkyl halides is 3. The number of aromatic amines is 1. The average molecular weight is 274 g/mol. The number of imidazole rings is 1. The van der Waals surface area contributed by atoms with Gasteiger partial charge in [-0.25, -0.2) is 9.97 Å². The molecule has 2 aromatic heterocycles. The van der Waals surface area contributed by atoms with E-state index in [1.54, 1.807) is 6.20 Å². The van der Waals surface area contributed by atoms with E-state index in [-0.39, 0.29) is 10.8 Å². The number of anilines is 1. The van der Waals surface area contributed by atoms with Crippen molar-refractivity contribution in [2.24, 2.45) is 0 Å². The van der Waals surface area contributed by atoms with Crippen molar-refractivity contribution in [1.29, 1.82) is 0 Å². The van der Waals surface area contributed by atoms with Gasteiger partial charge in [0.05, 0.1) is 5.56 Å². The van der Waals surface area contributed by atoms with E-state index in [1.807, 2.05) is 0 Å². The summed E-state index contributed by atoms with van der Waals surface area (Å²) in [5.74, 6) is 0.166. The van der Waals surface area contributed by atoms with Crippen molar-refractivity contribution in [3.8, 4) is 0 Å². The Labute approximate surface area is 105 Å². The van der Waals surface area contributed by atoms with E-state index in [2.05, 4.69) is 20.3 Å². The topological polar surface area (TPSA) is 53.6 Å². The highest BCUT2D eigenvalue weighted by atomic mass is 32.2. The Morgan fingerprint density at radius 3 is 2.67 bits per heavy atom. The predicted molar refractivity (Wildman–Crippen MR) is 61.5 cm³/mol. The zero-order valence-corrected chi connectivity index (χ0v) is 10.1. The number of pyridine rings is 1. The fourth-order valence-electron chi connectivity index (χ4n) is 1.25. The molecule has 0 saturated carbocycles. The van der Waals surface area contributed by atoms with Gasteiger partial charge >= 0.3 is 6.18 Å². The molecular weight excluding hydrogens is 265 g/mol. The first kappa shape index (κ1) is 12.7. The Morgan fingerprint density at radius 2 is 2.11 bits per heavy atom. The van der Waals surface area contributed by atoms with E-state index in [0.717, 1.165) is 23.9 Å². The number of hydrogen-bond donors (Lipinski definition) is 2. The lowest BCUT2D eigenvalue weighted by Crippen LogP contribution is -2.07. The molecule has 0 amide bonds. The van der Waals surface area contributed by atoms with E-state index in [4.69, 9.17) is 0 Å². The molecule has 2 aromatic rings. The minimum atomic E-state index is -4.40. The summed E-state index contributed by atoms with van der Waals surface area (Å²) in [6.45, 7) is 0. The molecule has 4 nitrogen and oxygen atoms in total. The quantitative estimate of drug-likeness (QED) is 0.903. The van der Waals surface area contributed by atoms with Gasteiger partial charge in [-0.1, -0.05) is 0 Å². The zero-order valence-electron chi connectivity index (χ0n) is 9.25. The predicted octanol–water partition coefficient (Wildman–Crippen LogP) is 3.02. The minimum absolute atomic E-state index is 0.166. The largest absolute Gasteiger partial charge is 0.416 e. The van der Waals surface area contributed by atoms with Gasteiger partial charge < -0.3 is 10.3 Å². The highest BCUT2D eigenvalue weighted by Crippen LogP contribution is 2.34. The summed E-state index contributed by atoms with van der Waals surface area (Å²) in [5, 5.41) is 3.32. The lowest BCUT2D eigenvalue weighted by Gasteiger charge is -2.10. The first-order valence-electron chi connectivity index (χ1n) is 4.93. The highest BCUT2D eigenvalue weighted by molar-refractivity contribution is 7.99. The van der Waals surface area contributed by atoms with E-state index in [9.17, 15) is 13.2 Å². The summed E-state index contributed by atoms with van der Waals surface area (Å²) in [5.41, 5.74) is -0.740. The number of nitrogens with zero attached hydrogens (tertiary/aromatic N) is 2. The van der Waals surface area contributed by atoms with E-state index >= 15 is 0 Å². The Bertz CT molecular complexity index is 524. The van der Waals surface area contributed by atoms with Gasteiger partial charge in [-0.15, -0.1) is 0 Å². The second-order valence-electron chi connectivity index (χ2n) is 3.32. The number of rotatable bonds is 3. The molecule has 18 heavy (non-hydrogen) atoms. The van der Waals surface area contributed by atoms with Gasteiger partial charge in [-0.05, 0) is 23.9 Å². The molecule has 2 N–H and O–H groups in total. The number of nitrogens with one attached hydrogen (secondary N) is 2. The summed E-state index contributed by atoms with van der Waals surface area (Å²) in [6.07, 6.45) is -1.28. The van der Waals surface area contributed by atoms with Gasteiger partial charge in [0.25, 0.3) is 0 Å². The van der Waals surface area contributed by atoms with Crippen LogP contribution in [0, 0.1) is 0 Å². The second-order valence-corrected chi connectivity index (χ2v) is 4.33. The maximum absolute atomic E-state index is 12.7. The van der Waals surface area contributed by atoms with E-state index in [0.29, 0.717) is 5.16 Å². The maximum atomic E-state index is 12.7. The molecule has 0 saturated heterocycles. The molecule has 0 radical (unpaired) electrons. The molecule has 0 unspecified atom stereocenters. The first-order chi connectivity index (χ1) is 8.49. The van der Waals surface area contributed by atoms with Gasteiger partial charge in [0.15, 0.2) is 5.16 Å². The molecule has 0 aromatic carbocycles. The van der Waals surface area contributed by atoms with Crippen LogP contribution in [0.5, 0.6) is 0 Å². The lowest BCUT2D eigenvalue weighted by atomic mass is 10.2. The molecule has 0 aliphatic rings. The average Bonchev–Trinajstić information content (AvgIpc) is 2.80. The molecule has 0 fully saturated rings. The second kappa shape index (κ2) is 4.89. The monoisotopic (exact) mass is 274 g/mol. The molecule has 0 aliphatic carbocycles. The maximum Gasteiger partial charge on any atom is 0.416 e. The van der Waals surface area contributed by atoms with Crippen LogP contribution >= 0.6 is 11.8 Å². The van der Waals surface area contributed by atoms with Gasteiger partial charge in [0.1, 0.15) is 10.8 Å². The number of hydrogen-bond acceptors (Lipinski definition) is 4. The summed E-state index contributed by atoms with van der Waals surface area (Å²) in [4.78, 5) is 10.7. The third-order valence-corrected chi connectivity index (χ3v) is 2.89. The third kappa shape index (κ3) is 2.95. The smallest absolute Gasteiger partial charge is 0.373 e. The van der Waals surface area contributed by atoms with Crippen molar-refractivity contribution in [2.45, 2.75) is 16.4 Å². The number of halogens is 3. The molecule has 0 spiro atoms. The molecule has 8 heteroatoms. The van der Waals surface area contributed by atoms with Gasteiger partial charge in [-0.3, -0.25) is 0 Å². The van der Waals surface area contributed by atoms with Crippen molar-refractivity contribution in [3.63, 3.8) is 0 Å². The Hall–Kier alpha value is -1.70. The molecule has 0 bridgehead atoms. The number of aromatic nitrogens is 3. The van der Waals surface area contributed by atoms with Crippen LogP contribution in [-0.2, 0) is 6.18 Å². The molecule has 2 heterocycles. The highest BCUT2D eigenvalue weighted by Gasteiger charge is 2.31. The minimum Gasteiger partial charge on any atom is -0.373 e. The molecule has 2 rings (SSSR count). The third-order valence-electron chi connectivity index (χ3n) is 2.06. The fraction of sp³-hybridized carbons (Fsp3) is 0.200. The van der Waals surface area contributed by atoms with Crippen molar-refractivity contribution in [2.75, 3.05) is 12.4 Å². The van der Waals surface area contributed by atoms with Crippen LogP contribution in [0.1, 0.15) is 5.56 Å². The zero-order chi connectivity index (χ0) is 13.2. The van der Waals surface area contributed by atoms with Gasteiger partial charge in [-0.2, -0.15) is 13.2 Å². The molecule has 0 atom stereocenters. The van der Waals surface area contributed by atoms with Gasteiger partial charge in [0.2, 0.25) is 0 Å². The summed E-state index contributed by atoms with van der Waals surface area (Å²) in [6, 6.07) is 1.96. The molecule has 96 valence electrons. The standard InChI is InChI=1S/C10H9F3N4S/c1-14-7-4-6(10(11,12)13)5-8(17-7)18-9-15-2-3-16-9/h2-5H,1H3,(H,14,17)(H,15,16). The molecule has 0 aliphatic heterocycles. The van der Waals surface area contributed by atoms with Crippen LogP contribution in [-0.4, -0.2) is 22.0 Å². The normalized spacial score (nSPS) is 11.6. The van der Waals surface area contributed by atoms with Crippen molar-refractivity contribution >= 4 is 17.6 Å². The van der Waals surface area contributed by atoms with Crippen molar-refractivity contribution in [3.05, 3.63) is 30.1 Å². The molecular formula is C10H9F3N4S. The fourth-order valence-corrected chi connectivity index (χ4v) is 2.02. The SMILES string of the molecule is CNc1cc(C(F)(F)F)cc(Sc2ncc[nH]2)n1. The van der Waals surface area contributed by atoms with Crippen LogP contribution in [0.15, 0.2) is 34.7 Å². The lowest BCUT2D eigenvalue weighted by molar-refractivity contribution is -0.137. The summed E-state index contributed by atoms with van der Waals surface area (Å²) in [7, 11) is 1.52. The van der Waals surface area contributed by atoms with Crippen LogP contribution in [0.3, 0.4) is 0 Å². The van der Waals surface area contributed by atoms with Crippen molar-refractivity contribution < 1.29 is 13.2 Å². The van der Waals surface area contributed by atoms with Crippen molar-refractivity contribution in [1.82, 2.24) is 15.0 Å².